The van der Waals surface area contributed by atoms with Gasteiger partial charge in [-0.05, 0) is 79.1 Å². The Hall–Kier alpha value is -3.51. The van der Waals surface area contributed by atoms with Crippen molar-refractivity contribution in [3.8, 4) is 0 Å². The van der Waals surface area contributed by atoms with Crippen LogP contribution in [0.25, 0.3) is 11.0 Å². The van der Waals surface area contributed by atoms with Gasteiger partial charge in [-0.3, -0.25) is 9.59 Å². The van der Waals surface area contributed by atoms with Gasteiger partial charge in [0.15, 0.2) is 5.69 Å². The second kappa shape index (κ2) is 10.6. The zero-order valence-corrected chi connectivity index (χ0v) is 23.6. The molecule has 3 N–H and O–H groups in total. The third-order valence-corrected chi connectivity index (χ3v) is 9.37. The molecule has 9 nitrogen and oxygen atoms in total. The van der Waals surface area contributed by atoms with Crippen molar-refractivity contribution in [1.29, 1.82) is 0 Å². The Morgan fingerprint density at radius 3 is 2.44 bits per heavy atom. The minimum atomic E-state index is -2.84. The van der Waals surface area contributed by atoms with Crippen LogP contribution in [0.2, 0.25) is 0 Å². The van der Waals surface area contributed by atoms with E-state index in [1.807, 2.05) is 12.1 Å². The summed E-state index contributed by atoms with van der Waals surface area (Å²) in [6.07, 6.45) is 3.49. The Kier molecular flexibility index (Phi) is 6.96. The van der Waals surface area contributed by atoms with Crippen LogP contribution < -0.4 is 10.6 Å². The number of fused-ring (bicyclic) bond motifs is 1. The van der Waals surface area contributed by atoms with E-state index in [-0.39, 0.29) is 67.5 Å². The number of rotatable bonds is 10. The van der Waals surface area contributed by atoms with E-state index in [1.165, 1.54) is 0 Å². The minimum absolute atomic E-state index is 0.0714. The molecule has 4 fully saturated rings. The third-order valence-electron chi connectivity index (χ3n) is 9.37. The van der Waals surface area contributed by atoms with Gasteiger partial charge in [0.25, 0.3) is 5.91 Å². The van der Waals surface area contributed by atoms with E-state index in [2.05, 4.69) is 25.9 Å². The number of hydrogen-bond donors (Lipinski definition) is 3. The predicted molar refractivity (Wildman–Crippen MR) is 145 cm³/mol. The molecule has 7 rings (SSSR count). The lowest BCUT2D eigenvalue weighted by Gasteiger charge is -2.34. The summed E-state index contributed by atoms with van der Waals surface area (Å²) >= 11 is 0. The van der Waals surface area contributed by atoms with Crippen molar-refractivity contribution in [2.45, 2.75) is 100 Å². The van der Waals surface area contributed by atoms with Crippen LogP contribution in [0.4, 0.5) is 17.6 Å². The molecule has 0 spiro atoms. The van der Waals surface area contributed by atoms with E-state index >= 15 is 0 Å². The Morgan fingerprint density at radius 2 is 1.74 bits per heavy atom. The first kappa shape index (κ1) is 28.3. The van der Waals surface area contributed by atoms with Crippen LogP contribution in [0.15, 0.2) is 22.8 Å². The fourth-order valence-corrected chi connectivity index (χ4v) is 6.81. The highest BCUT2D eigenvalue weighted by molar-refractivity contribution is 5.93. The van der Waals surface area contributed by atoms with E-state index in [0.717, 1.165) is 31.2 Å². The Labute approximate surface area is 244 Å². The summed E-state index contributed by atoms with van der Waals surface area (Å²) in [4.78, 5) is 34.0. The van der Waals surface area contributed by atoms with Gasteiger partial charge >= 0.3 is 0 Å². The van der Waals surface area contributed by atoms with Crippen molar-refractivity contribution in [2.24, 2.45) is 17.8 Å². The number of H-pyrrole nitrogens is 1. The van der Waals surface area contributed by atoms with Crippen LogP contribution in [0.5, 0.6) is 0 Å². The standard InChI is InChI=1S/C30H34F4N6O3/c31-29(32)9-1-2-19(14-29)25(38-28(42)26-24(17-5-6-17)39-43-40-26)27-35-20-8-7-18(11-21(20)36-27)23(16-3-4-16)37-22(41)10-15-12-30(33,34)13-15/h7-8,11,15-17,19,23,25H,1-6,9-10,12-14H2,(H,35,36)(H,37,41)(H,38,42)/t19-,23?,25?/m1/s1. The fourth-order valence-electron chi connectivity index (χ4n) is 6.81. The van der Waals surface area contributed by atoms with Crippen molar-refractivity contribution in [1.82, 2.24) is 30.9 Å². The lowest BCUT2D eigenvalue weighted by atomic mass is 9.79. The van der Waals surface area contributed by atoms with Crippen molar-refractivity contribution in [3.05, 3.63) is 41.0 Å². The molecule has 0 radical (unpaired) electrons. The number of carbonyl (C=O) groups is 2. The largest absolute Gasteiger partial charge is 0.349 e. The Bertz CT molecular complexity index is 1520. The molecular formula is C30H34F4N6O3. The highest BCUT2D eigenvalue weighted by atomic mass is 19.3. The zero-order chi connectivity index (χ0) is 29.9. The smallest absolute Gasteiger partial charge is 0.276 e. The SMILES string of the molecule is O=C(CC1CC(F)(F)C1)NC(c1ccc2nc(C(NC(=O)c3nonc3C3CC3)[C@@H]3CCCC(F)(F)C3)[nH]c2c1)C1CC1. The number of nitrogens with one attached hydrogen (secondary N) is 3. The third kappa shape index (κ3) is 6.12. The number of nitrogens with zero attached hydrogens (tertiary/aromatic N) is 3. The maximum absolute atomic E-state index is 14.5. The second-order valence-corrected chi connectivity index (χ2v) is 13.1. The molecule has 3 aromatic rings. The van der Waals surface area contributed by atoms with Crippen molar-refractivity contribution in [2.75, 3.05) is 0 Å². The number of carbonyl (C=O) groups excluding carboxylic acids is 2. The van der Waals surface area contributed by atoms with Crippen molar-refractivity contribution in [3.63, 3.8) is 0 Å². The van der Waals surface area contributed by atoms with E-state index in [9.17, 15) is 27.2 Å². The van der Waals surface area contributed by atoms with Gasteiger partial charge in [0.1, 0.15) is 11.5 Å². The number of aromatic amines is 1. The molecule has 13 heteroatoms. The highest BCUT2D eigenvalue weighted by Crippen LogP contribution is 2.46. The second-order valence-electron chi connectivity index (χ2n) is 13.1. The van der Waals surface area contributed by atoms with Gasteiger partial charge < -0.3 is 15.6 Å². The Morgan fingerprint density at radius 1 is 0.953 bits per heavy atom. The average Bonchev–Trinajstić information content (AvgIpc) is 3.86. The number of benzene rings is 1. The van der Waals surface area contributed by atoms with E-state index in [1.54, 1.807) is 6.07 Å². The lowest BCUT2D eigenvalue weighted by Crippen LogP contribution is -2.39. The van der Waals surface area contributed by atoms with Crippen LogP contribution in [0, 0.1) is 17.8 Å². The molecule has 2 heterocycles. The summed E-state index contributed by atoms with van der Waals surface area (Å²) < 4.78 is 60.4. The van der Waals surface area contributed by atoms with Crippen LogP contribution >= 0.6 is 0 Å². The number of alkyl halides is 4. The first-order chi connectivity index (χ1) is 20.5. The molecule has 0 saturated heterocycles. The fraction of sp³-hybridized carbons (Fsp3) is 0.633. The van der Waals surface area contributed by atoms with Crippen molar-refractivity contribution >= 4 is 22.8 Å². The molecule has 230 valence electrons. The quantitative estimate of drug-likeness (QED) is 0.240. The summed E-state index contributed by atoms with van der Waals surface area (Å²) in [5.74, 6) is -6.42. The maximum atomic E-state index is 14.5. The maximum Gasteiger partial charge on any atom is 0.276 e. The highest BCUT2D eigenvalue weighted by Gasteiger charge is 2.46. The number of halogens is 4. The zero-order valence-electron chi connectivity index (χ0n) is 23.6. The van der Waals surface area contributed by atoms with E-state index in [0.29, 0.717) is 35.4 Å². The summed E-state index contributed by atoms with van der Waals surface area (Å²) in [5, 5.41) is 13.7. The first-order valence-corrected chi connectivity index (χ1v) is 15.2. The molecule has 1 aromatic carbocycles. The van der Waals surface area contributed by atoms with Crippen LogP contribution in [-0.2, 0) is 4.79 Å². The topological polar surface area (TPSA) is 126 Å². The molecule has 4 aliphatic carbocycles. The lowest BCUT2D eigenvalue weighted by molar-refractivity contribution is -0.134. The van der Waals surface area contributed by atoms with E-state index in [4.69, 9.17) is 9.61 Å². The molecule has 2 aromatic heterocycles. The molecule has 2 amide bonds. The average molecular weight is 603 g/mol. The van der Waals surface area contributed by atoms with Gasteiger partial charge in [0.2, 0.25) is 17.8 Å². The Balaban J connectivity index is 1.13. The van der Waals surface area contributed by atoms with Crippen LogP contribution in [0.1, 0.15) is 116 Å². The molecular weight excluding hydrogens is 568 g/mol. The summed E-state index contributed by atoms with van der Waals surface area (Å²) in [6, 6.07) is 4.47. The van der Waals surface area contributed by atoms with Gasteiger partial charge in [-0.1, -0.05) is 11.2 Å². The molecule has 2 unspecified atom stereocenters. The predicted octanol–water partition coefficient (Wildman–Crippen LogP) is 6.12. The molecule has 43 heavy (non-hydrogen) atoms. The number of amides is 2. The number of hydrogen-bond acceptors (Lipinski definition) is 6. The van der Waals surface area contributed by atoms with Gasteiger partial charge in [-0.25, -0.2) is 27.2 Å². The first-order valence-electron chi connectivity index (χ1n) is 15.2. The summed E-state index contributed by atoms with van der Waals surface area (Å²) in [6.45, 7) is 0. The molecule has 0 aliphatic heterocycles. The molecule has 4 aliphatic rings. The van der Waals surface area contributed by atoms with Gasteiger partial charge in [-0.2, -0.15) is 0 Å². The summed E-state index contributed by atoms with van der Waals surface area (Å²) in [5.41, 5.74) is 2.65. The molecule has 3 atom stereocenters. The van der Waals surface area contributed by atoms with Crippen molar-refractivity contribution < 1.29 is 31.8 Å². The molecule has 4 saturated carbocycles. The van der Waals surface area contributed by atoms with Gasteiger partial charge in [0, 0.05) is 38.0 Å². The number of aromatic nitrogens is 4. The number of imidazole rings is 1. The van der Waals surface area contributed by atoms with Gasteiger partial charge in [-0.15, -0.1) is 0 Å². The van der Waals surface area contributed by atoms with Crippen LogP contribution in [0.3, 0.4) is 0 Å². The summed E-state index contributed by atoms with van der Waals surface area (Å²) in [7, 11) is 0. The minimum Gasteiger partial charge on any atom is -0.349 e. The van der Waals surface area contributed by atoms with Gasteiger partial charge in [0.05, 0.1) is 23.1 Å². The normalized spacial score (nSPS) is 24.7. The molecule has 0 bridgehead atoms. The monoisotopic (exact) mass is 602 g/mol. The van der Waals surface area contributed by atoms with Crippen LogP contribution in [-0.4, -0.2) is 43.9 Å². The van der Waals surface area contributed by atoms with E-state index < -0.39 is 29.7 Å².